The fourth-order valence-corrected chi connectivity index (χ4v) is 3.00. The van der Waals surface area contributed by atoms with Crippen LogP contribution < -0.4 is 31.6 Å². The number of benzene rings is 3. The maximum atomic E-state index is 11.8. The summed E-state index contributed by atoms with van der Waals surface area (Å²) in [7, 11) is 1.64. The molecule has 3 rings (SSSR count). The number of hydrogen-bond donors (Lipinski definition) is 3. The smallest absolute Gasteiger partial charge is 0.350 e. The topological polar surface area (TPSA) is 103 Å². The van der Waals surface area contributed by atoms with Gasteiger partial charge in [0.05, 0.1) is 12.8 Å². The van der Waals surface area contributed by atoms with Crippen LogP contribution in [0.4, 0.5) is 10.5 Å². The Balaban J connectivity index is 1.83. The molecule has 7 heteroatoms. The van der Waals surface area contributed by atoms with Gasteiger partial charge in [0.15, 0.2) is 0 Å². The van der Waals surface area contributed by atoms with E-state index in [1.54, 1.807) is 13.2 Å². The molecule has 2 amide bonds. The van der Waals surface area contributed by atoms with Crippen LogP contribution in [0.15, 0.2) is 66.7 Å². The number of urea groups is 1. The number of nitrogens with one attached hydrogen (secondary N) is 1. The van der Waals surface area contributed by atoms with Crippen LogP contribution in [-0.2, 0) is 6.61 Å². The summed E-state index contributed by atoms with van der Waals surface area (Å²) >= 11 is 0. The Morgan fingerprint density at radius 3 is 2.28 bits per heavy atom. The molecule has 0 aliphatic rings. The lowest BCUT2D eigenvalue weighted by atomic mass is 10.1. The molecule has 3 aromatic rings. The molecule has 0 aromatic heterocycles. The first-order chi connectivity index (χ1) is 14.0. The second-order valence-electron chi connectivity index (χ2n) is 6.44. The average molecular weight is 392 g/mol. The molecule has 0 saturated heterocycles. The Hall–Kier alpha value is -3.55. The van der Waals surface area contributed by atoms with Crippen LogP contribution in [0.5, 0.6) is 11.5 Å². The third-order valence-electron chi connectivity index (χ3n) is 4.61. The van der Waals surface area contributed by atoms with E-state index >= 15 is 0 Å². The highest BCUT2D eigenvalue weighted by Crippen LogP contribution is 2.28. The molecular weight excluding hydrogens is 368 g/mol. The number of ether oxygens (including phenoxy) is 2. The lowest BCUT2D eigenvalue weighted by molar-refractivity contribution is 0.246. The van der Waals surface area contributed by atoms with E-state index in [1.165, 1.54) is 0 Å². The van der Waals surface area contributed by atoms with Crippen molar-refractivity contribution < 1.29 is 14.3 Å². The molecule has 0 radical (unpaired) electrons. The van der Waals surface area contributed by atoms with Crippen LogP contribution in [-0.4, -0.2) is 13.1 Å². The van der Waals surface area contributed by atoms with Crippen molar-refractivity contribution in [2.45, 2.75) is 13.5 Å². The zero-order valence-corrected chi connectivity index (χ0v) is 16.4. The van der Waals surface area contributed by atoms with Crippen molar-refractivity contribution in [1.29, 1.82) is 0 Å². The van der Waals surface area contributed by atoms with Gasteiger partial charge in [-0.3, -0.25) is 5.43 Å². The van der Waals surface area contributed by atoms with Crippen LogP contribution in [0.25, 0.3) is 11.1 Å². The highest BCUT2D eigenvalue weighted by atomic mass is 16.5. The van der Waals surface area contributed by atoms with Crippen molar-refractivity contribution in [3.63, 3.8) is 0 Å². The van der Waals surface area contributed by atoms with Crippen LogP contribution in [0.2, 0.25) is 0 Å². The Labute approximate surface area is 169 Å². The molecule has 0 bridgehead atoms. The molecule has 0 saturated carbocycles. The quantitative estimate of drug-likeness (QED) is 0.338. The zero-order chi connectivity index (χ0) is 20.8. The summed E-state index contributed by atoms with van der Waals surface area (Å²) in [5.74, 6) is 12.6. The number of aryl methyl sites for hydroxylation is 1. The first-order valence-electron chi connectivity index (χ1n) is 9.04. The van der Waals surface area contributed by atoms with Crippen molar-refractivity contribution in [3.05, 3.63) is 77.9 Å². The third kappa shape index (κ3) is 4.66. The summed E-state index contributed by atoms with van der Waals surface area (Å²) in [5.41, 5.74) is 6.34. The third-order valence-corrected chi connectivity index (χ3v) is 4.61. The molecule has 0 spiro atoms. The minimum atomic E-state index is -0.614. The Bertz CT molecular complexity index is 1010. The number of amides is 2. The van der Waals surface area contributed by atoms with Gasteiger partial charge < -0.3 is 9.47 Å². The van der Waals surface area contributed by atoms with Crippen LogP contribution >= 0.6 is 0 Å². The molecule has 0 heterocycles. The molecule has 0 aliphatic carbocycles. The molecular formula is C22H24N4O3. The number of rotatable bonds is 6. The lowest BCUT2D eigenvalue weighted by Crippen LogP contribution is -2.48. The van der Waals surface area contributed by atoms with Gasteiger partial charge in [0, 0.05) is 5.56 Å². The predicted molar refractivity (Wildman–Crippen MR) is 113 cm³/mol. The summed E-state index contributed by atoms with van der Waals surface area (Å²) in [6, 6.07) is 20.5. The van der Waals surface area contributed by atoms with E-state index in [4.69, 9.17) is 21.2 Å². The molecule has 0 atom stereocenters. The first-order valence-corrected chi connectivity index (χ1v) is 9.04. The number of hydrogen-bond acceptors (Lipinski definition) is 5. The van der Waals surface area contributed by atoms with Gasteiger partial charge in [-0.05, 0) is 53.9 Å². The summed E-state index contributed by atoms with van der Waals surface area (Å²) in [6.45, 7) is 2.18. The Morgan fingerprint density at radius 1 is 1.00 bits per heavy atom. The van der Waals surface area contributed by atoms with Gasteiger partial charge in [-0.1, -0.05) is 36.4 Å². The number of nitrogens with two attached hydrogens (primary N) is 2. The summed E-state index contributed by atoms with van der Waals surface area (Å²) in [6.07, 6.45) is 0. The van der Waals surface area contributed by atoms with Gasteiger partial charge in [-0.25, -0.2) is 21.5 Å². The Kier molecular flexibility index (Phi) is 6.33. The maximum Gasteiger partial charge on any atom is 0.350 e. The summed E-state index contributed by atoms with van der Waals surface area (Å²) in [5, 5.41) is 0.971. The minimum absolute atomic E-state index is 0.245. The van der Waals surface area contributed by atoms with Gasteiger partial charge in [0.2, 0.25) is 0 Å². The fourth-order valence-electron chi connectivity index (χ4n) is 3.00. The van der Waals surface area contributed by atoms with Gasteiger partial charge in [0.25, 0.3) is 0 Å². The van der Waals surface area contributed by atoms with Gasteiger partial charge in [0.1, 0.15) is 18.1 Å². The summed E-state index contributed by atoms with van der Waals surface area (Å²) in [4.78, 5) is 11.8. The molecule has 0 unspecified atom stereocenters. The van der Waals surface area contributed by atoms with E-state index in [9.17, 15) is 4.79 Å². The molecule has 0 aliphatic heterocycles. The van der Waals surface area contributed by atoms with Crippen LogP contribution in [0.1, 0.15) is 11.1 Å². The second kappa shape index (κ2) is 9.09. The number of carbonyl (C=O) groups excluding carboxylic acids is 1. The highest BCUT2D eigenvalue weighted by Gasteiger charge is 2.16. The van der Waals surface area contributed by atoms with Crippen LogP contribution in [0.3, 0.4) is 0 Å². The predicted octanol–water partition coefficient (Wildman–Crippen LogP) is 3.51. The molecule has 0 fully saturated rings. The molecule has 7 nitrogen and oxygen atoms in total. The second-order valence-corrected chi connectivity index (χ2v) is 6.44. The maximum absolute atomic E-state index is 11.8. The van der Waals surface area contributed by atoms with E-state index < -0.39 is 6.03 Å². The zero-order valence-electron chi connectivity index (χ0n) is 16.4. The molecule has 150 valence electrons. The number of anilines is 1. The average Bonchev–Trinajstić information content (AvgIpc) is 2.77. The van der Waals surface area contributed by atoms with E-state index in [0.29, 0.717) is 11.4 Å². The van der Waals surface area contributed by atoms with Crippen molar-refractivity contribution in [1.82, 2.24) is 5.43 Å². The SMILES string of the molecule is COc1cccc(-c2cccc(OCc3c(C)cccc3N(N)C(=O)NN)c2)c1. The number of hydrazine groups is 2. The molecule has 29 heavy (non-hydrogen) atoms. The standard InChI is InChI=1S/C22H24N4O3/c1-15-6-3-11-21(26(24)22(27)25-23)20(15)14-29-19-10-5-8-17(13-19)16-7-4-9-18(12-16)28-2/h3-13H,14,23-24H2,1-2H3,(H,25,27). The van der Waals surface area contributed by atoms with E-state index in [1.807, 2.05) is 73.0 Å². The van der Waals surface area contributed by atoms with Crippen molar-refractivity contribution in [3.8, 4) is 22.6 Å². The van der Waals surface area contributed by atoms with Gasteiger partial charge in [-0.2, -0.15) is 0 Å². The Morgan fingerprint density at radius 2 is 1.62 bits per heavy atom. The number of nitrogens with zero attached hydrogens (tertiary/aromatic N) is 1. The van der Waals surface area contributed by atoms with Gasteiger partial charge >= 0.3 is 6.03 Å². The van der Waals surface area contributed by atoms with Crippen molar-refractivity contribution in [2.75, 3.05) is 12.1 Å². The number of carbonyl (C=O) groups is 1. The number of methoxy groups -OCH3 is 1. The minimum Gasteiger partial charge on any atom is -0.497 e. The van der Waals surface area contributed by atoms with E-state index in [2.05, 4.69) is 0 Å². The molecule has 3 aromatic carbocycles. The largest absolute Gasteiger partial charge is 0.497 e. The van der Waals surface area contributed by atoms with Gasteiger partial charge in [-0.15, -0.1) is 0 Å². The molecule has 5 N–H and O–H groups in total. The first kappa shape index (κ1) is 20.2. The van der Waals surface area contributed by atoms with E-state index in [-0.39, 0.29) is 6.61 Å². The lowest BCUT2D eigenvalue weighted by Gasteiger charge is -2.21. The normalized spacial score (nSPS) is 10.3. The summed E-state index contributed by atoms with van der Waals surface area (Å²) < 4.78 is 11.3. The van der Waals surface area contributed by atoms with Crippen molar-refractivity contribution >= 4 is 11.7 Å². The fraction of sp³-hybridized carbons (Fsp3) is 0.136. The van der Waals surface area contributed by atoms with Crippen LogP contribution in [0, 0.1) is 6.92 Å². The highest BCUT2D eigenvalue weighted by molar-refractivity contribution is 5.91. The monoisotopic (exact) mass is 392 g/mol. The van der Waals surface area contributed by atoms with Crippen molar-refractivity contribution in [2.24, 2.45) is 11.7 Å². The van der Waals surface area contributed by atoms with E-state index in [0.717, 1.165) is 33.0 Å².